The zero-order chi connectivity index (χ0) is 20.0. The summed E-state index contributed by atoms with van der Waals surface area (Å²) in [5.41, 5.74) is 2.01. The van der Waals surface area contributed by atoms with Crippen LogP contribution in [0.15, 0.2) is 52.5 Å². The number of carbonyl (C=O) groups is 1. The highest BCUT2D eigenvalue weighted by molar-refractivity contribution is 7.99. The van der Waals surface area contributed by atoms with E-state index in [9.17, 15) is 13.2 Å². The molecule has 1 heterocycles. The first-order chi connectivity index (χ1) is 12.7. The number of anilines is 1. The Bertz CT molecular complexity index is 864. The SMILES string of the molecule is CC[C@@H](C)c1ccc(NC(=O)CSc2ccc(S(=O)(=O)N(C)C)cn2)cc1. The van der Waals surface area contributed by atoms with Crippen molar-refractivity contribution in [3.63, 3.8) is 0 Å². The lowest BCUT2D eigenvalue weighted by Gasteiger charge is -2.11. The van der Waals surface area contributed by atoms with Crippen LogP contribution < -0.4 is 5.32 Å². The summed E-state index contributed by atoms with van der Waals surface area (Å²) in [6, 6.07) is 11.0. The monoisotopic (exact) mass is 407 g/mol. The Kier molecular flexibility index (Phi) is 7.41. The third kappa shape index (κ3) is 5.79. The molecule has 0 aliphatic carbocycles. The van der Waals surface area contributed by atoms with E-state index in [1.54, 1.807) is 6.07 Å². The molecule has 0 unspecified atom stereocenters. The molecule has 0 radical (unpaired) electrons. The molecular weight excluding hydrogens is 382 g/mol. The molecule has 27 heavy (non-hydrogen) atoms. The minimum atomic E-state index is -3.50. The minimum Gasteiger partial charge on any atom is -0.325 e. The van der Waals surface area contributed by atoms with Gasteiger partial charge in [-0.25, -0.2) is 17.7 Å². The van der Waals surface area contributed by atoms with Crippen LogP contribution in [0.1, 0.15) is 31.7 Å². The van der Waals surface area contributed by atoms with Crippen molar-refractivity contribution in [2.45, 2.75) is 36.1 Å². The zero-order valence-electron chi connectivity index (χ0n) is 16.0. The summed E-state index contributed by atoms with van der Waals surface area (Å²) < 4.78 is 25.2. The van der Waals surface area contributed by atoms with Gasteiger partial charge in [-0.3, -0.25) is 4.79 Å². The topological polar surface area (TPSA) is 79.4 Å². The number of sulfonamides is 1. The number of thioether (sulfide) groups is 1. The summed E-state index contributed by atoms with van der Waals surface area (Å²) in [5.74, 6) is 0.554. The predicted molar refractivity (Wildman–Crippen MR) is 110 cm³/mol. The summed E-state index contributed by atoms with van der Waals surface area (Å²) >= 11 is 1.26. The smallest absolute Gasteiger partial charge is 0.244 e. The first-order valence-corrected chi connectivity index (χ1v) is 11.1. The molecule has 0 bridgehead atoms. The van der Waals surface area contributed by atoms with E-state index in [0.717, 1.165) is 16.4 Å². The number of amides is 1. The number of carbonyl (C=O) groups excluding carboxylic acids is 1. The maximum absolute atomic E-state index is 12.1. The third-order valence-electron chi connectivity index (χ3n) is 4.21. The quantitative estimate of drug-likeness (QED) is 0.677. The molecule has 1 atom stereocenters. The van der Waals surface area contributed by atoms with Gasteiger partial charge < -0.3 is 5.32 Å². The highest BCUT2D eigenvalue weighted by atomic mass is 32.2. The predicted octanol–water partition coefficient (Wildman–Crippen LogP) is 3.58. The summed E-state index contributed by atoms with van der Waals surface area (Å²) in [7, 11) is -0.555. The van der Waals surface area contributed by atoms with Gasteiger partial charge in [0, 0.05) is 26.0 Å². The fraction of sp³-hybridized carbons (Fsp3) is 0.368. The van der Waals surface area contributed by atoms with Gasteiger partial charge in [-0.05, 0) is 42.2 Å². The van der Waals surface area contributed by atoms with Crippen molar-refractivity contribution < 1.29 is 13.2 Å². The molecule has 2 rings (SSSR count). The van der Waals surface area contributed by atoms with Crippen LogP contribution in [-0.2, 0) is 14.8 Å². The molecule has 0 fully saturated rings. The Morgan fingerprint density at radius 1 is 1.19 bits per heavy atom. The summed E-state index contributed by atoms with van der Waals surface area (Å²) in [6.07, 6.45) is 2.38. The summed E-state index contributed by atoms with van der Waals surface area (Å²) in [5, 5.41) is 3.45. The van der Waals surface area contributed by atoms with Crippen molar-refractivity contribution in [1.82, 2.24) is 9.29 Å². The van der Waals surface area contributed by atoms with Gasteiger partial charge in [0.15, 0.2) is 0 Å². The molecule has 0 aliphatic heterocycles. The van der Waals surface area contributed by atoms with Gasteiger partial charge in [0.2, 0.25) is 15.9 Å². The lowest BCUT2D eigenvalue weighted by Crippen LogP contribution is -2.22. The van der Waals surface area contributed by atoms with E-state index in [1.807, 2.05) is 24.3 Å². The second-order valence-electron chi connectivity index (χ2n) is 6.39. The largest absolute Gasteiger partial charge is 0.325 e. The van der Waals surface area contributed by atoms with Gasteiger partial charge in [-0.1, -0.05) is 37.7 Å². The number of aromatic nitrogens is 1. The van der Waals surface area contributed by atoms with E-state index in [2.05, 4.69) is 24.1 Å². The summed E-state index contributed by atoms with van der Waals surface area (Å²) in [6.45, 7) is 4.32. The van der Waals surface area contributed by atoms with Crippen LogP contribution in [0, 0.1) is 0 Å². The molecule has 2 aromatic rings. The number of nitrogens with zero attached hydrogens (tertiary/aromatic N) is 2. The fourth-order valence-corrected chi connectivity index (χ4v) is 3.77. The lowest BCUT2D eigenvalue weighted by molar-refractivity contribution is -0.113. The standard InChI is InChI=1S/C19H25N3O3S2/c1-5-14(2)15-6-8-16(9-7-15)21-18(23)13-26-19-11-10-17(12-20-19)27(24,25)22(3)4/h6-12,14H,5,13H2,1-4H3,(H,21,23)/t14-/m1/s1. The molecule has 0 saturated carbocycles. The molecule has 8 heteroatoms. The second kappa shape index (κ2) is 9.34. The van der Waals surface area contributed by atoms with Crippen molar-refractivity contribution in [3.05, 3.63) is 48.2 Å². The Hall–Kier alpha value is -1.90. The van der Waals surface area contributed by atoms with E-state index < -0.39 is 10.0 Å². The number of nitrogens with one attached hydrogen (secondary N) is 1. The van der Waals surface area contributed by atoms with Gasteiger partial charge >= 0.3 is 0 Å². The average Bonchev–Trinajstić information content (AvgIpc) is 2.66. The number of hydrogen-bond acceptors (Lipinski definition) is 5. The molecule has 1 N–H and O–H groups in total. The first-order valence-electron chi connectivity index (χ1n) is 8.65. The molecule has 0 aliphatic rings. The molecule has 146 valence electrons. The highest BCUT2D eigenvalue weighted by Crippen LogP contribution is 2.21. The van der Waals surface area contributed by atoms with E-state index in [1.165, 1.54) is 43.7 Å². The van der Waals surface area contributed by atoms with Crippen molar-refractivity contribution in [3.8, 4) is 0 Å². The van der Waals surface area contributed by atoms with Crippen LogP contribution in [0.5, 0.6) is 0 Å². The van der Waals surface area contributed by atoms with Gasteiger partial charge in [-0.2, -0.15) is 0 Å². The maximum Gasteiger partial charge on any atom is 0.244 e. The van der Waals surface area contributed by atoms with Crippen LogP contribution in [0.3, 0.4) is 0 Å². The van der Waals surface area contributed by atoms with E-state index >= 15 is 0 Å². The molecular formula is C19H25N3O3S2. The van der Waals surface area contributed by atoms with E-state index in [-0.39, 0.29) is 16.6 Å². The molecule has 0 spiro atoms. The maximum atomic E-state index is 12.1. The zero-order valence-corrected chi connectivity index (χ0v) is 17.6. The minimum absolute atomic E-state index is 0.127. The van der Waals surface area contributed by atoms with Gasteiger partial charge in [0.05, 0.1) is 10.8 Å². The van der Waals surface area contributed by atoms with Gasteiger partial charge in [-0.15, -0.1) is 0 Å². The van der Waals surface area contributed by atoms with E-state index in [4.69, 9.17) is 0 Å². The molecule has 1 amide bonds. The first kappa shape index (κ1) is 21.4. The molecule has 0 saturated heterocycles. The van der Waals surface area contributed by atoms with E-state index in [0.29, 0.717) is 10.9 Å². The van der Waals surface area contributed by atoms with Crippen LogP contribution in [0.2, 0.25) is 0 Å². The molecule has 6 nitrogen and oxygen atoms in total. The van der Waals surface area contributed by atoms with Crippen molar-refractivity contribution in [2.24, 2.45) is 0 Å². The number of pyridine rings is 1. The van der Waals surface area contributed by atoms with Gasteiger partial charge in [0.1, 0.15) is 4.90 Å². The van der Waals surface area contributed by atoms with Crippen LogP contribution >= 0.6 is 11.8 Å². The third-order valence-corrected chi connectivity index (χ3v) is 6.96. The Balaban J connectivity index is 1.90. The van der Waals surface area contributed by atoms with Crippen LogP contribution in [-0.4, -0.2) is 43.5 Å². The number of benzene rings is 1. The normalized spacial score (nSPS) is 12.8. The fourth-order valence-electron chi connectivity index (χ4n) is 2.28. The lowest BCUT2D eigenvalue weighted by atomic mass is 9.99. The number of hydrogen-bond donors (Lipinski definition) is 1. The van der Waals surface area contributed by atoms with Gasteiger partial charge in [0.25, 0.3) is 0 Å². The van der Waals surface area contributed by atoms with Crippen LogP contribution in [0.25, 0.3) is 0 Å². The second-order valence-corrected chi connectivity index (χ2v) is 9.54. The van der Waals surface area contributed by atoms with Crippen LogP contribution in [0.4, 0.5) is 5.69 Å². The Labute approximate surface area is 165 Å². The van der Waals surface area contributed by atoms with Crippen molar-refractivity contribution in [1.29, 1.82) is 0 Å². The molecule has 1 aromatic heterocycles. The molecule has 1 aromatic carbocycles. The number of rotatable bonds is 8. The Morgan fingerprint density at radius 3 is 2.37 bits per heavy atom. The summed E-state index contributed by atoms with van der Waals surface area (Å²) in [4.78, 5) is 16.4. The highest BCUT2D eigenvalue weighted by Gasteiger charge is 2.17. The van der Waals surface area contributed by atoms with Crippen molar-refractivity contribution >= 4 is 33.4 Å². The van der Waals surface area contributed by atoms with Crippen molar-refractivity contribution in [2.75, 3.05) is 25.2 Å². The average molecular weight is 408 g/mol. The Morgan fingerprint density at radius 2 is 1.85 bits per heavy atom.